The molecular formula is C47H52N2O5. The number of benzene rings is 5. The van der Waals surface area contributed by atoms with Crippen LogP contribution in [0.15, 0.2) is 91.0 Å². The quantitative estimate of drug-likeness (QED) is 0.0516. The van der Waals surface area contributed by atoms with Crippen LogP contribution in [-0.4, -0.2) is 28.4 Å². The number of nitrogens with one attached hydrogen (secondary N) is 2. The van der Waals surface area contributed by atoms with Crippen molar-refractivity contribution in [1.82, 2.24) is 0 Å². The summed E-state index contributed by atoms with van der Waals surface area (Å²) in [7, 11) is 0. The zero-order chi connectivity index (χ0) is 38.0. The molecular weight excluding hydrogens is 673 g/mol. The standard InChI is InChI=1S/C47H52N2O5/c1-4-7-10-11-12-29-54-36-25-19-33(20-26-36)37-30-39(49-35-23-17-32(18-24-35)14-9-6-3)42-44(45(37)51)47(53)41-38(27-28-40(50)43(41)46(42)52)48-34-21-15-31(16-22-34)13-8-5-2/h15-28,30,48-51H,4-14,29H2,1-3H3. The van der Waals surface area contributed by atoms with E-state index in [1.807, 2.05) is 60.7 Å². The van der Waals surface area contributed by atoms with Crippen molar-refractivity contribution in [2.45, 2.75) is 91.4 Å². The van der Waals surface area contributed by atoms with Crippen molar-refractivity contribution in [2.24, 2.45) is 0 Å². The highest BCUT2D eigenvalue weighted by Crippen LogP contribution is 2.47. The Labute approximate surface area is 319 Å². The van der Waals surface area contributed by atoms with Gasteiger partial charge >= 0.3 is 0 Å². The summed E-state index contributed by atoms with van der Waals surface area (Å²) in [6.45, 7) is 7.15. The van der Waals surface area contributed by atoms with Crippen molar-refractivity contribution in [1.29, 1.82) is 0 Å². The minimum absolute atomic E-state index is 0.0135. The Morgan fingerprint density at radius 3 is 1.67 bits per heavy atom. The minimum atomic E-state index is -0.557. The fourth-order valence-corrected chi connectivity index (χ4v) is 7.07. The molecule has 0 aliphatic heterocycles. The largest absolute Gasteiger partial charge is 0.507 e. The second-order valence-corrected chi connectivity index (χ2v) is 14.2. The van der Waals surface area contributed by atoms with Gasteiger partial charge in [0.25, 0.3) is 0 Å². The Balaban J connectivity index is 1.39. The second-order valence-electron chi connectivity index (χ2n) is 14.2. The summed E-state index contributed by atoms with van der Waals surface area (Å²) in [6, 6.07) is 28.1. The third-order valence-electron chi connectivity index (χ3n) is 10.2. The van der Waals surface area contributed by atoms with Crippen LogP contribution < -0.4 is 15.4 Å². The van der Waals surface area contributed by atoms with E-state index < -0.39 is 11.6 Å². The smallest absolute Gasteiger partial charge is 0.200 e. The SMILES string of the molecule is CCCCCCCOc1ccc(-c2cc(Nc3ccc(CCCC)cc3)c3c(c2O)C(=O)c2c(Nc4ccc(CCCC)cc4)ccc(O)c2C3=O)cc1. The van der Waals surface area contributed by atoms with Crippen LogP contribution in [-0.2, 0) is 12.8 Å². The van der Waals surface area contributed by atoms with Gasteiger partial charge in [0, 0.05) is 16.9 Å². The van der Waals surface area contributed by atoms with Gasteiger partial charge in [-0.25, -0.2) is 0 Å². The number of ketones is 2. The number of carbonyl (C=O) groups excluding carboxylic acids is 2. The summed E-state index contributed by atoms with van der Waals surface area (Å²) in [6.07, 6.45) is 12.1. The van der Waals surface area contributed by atoms with Crippen LogP contribution in [0.4, 0.5) is 22.7 Å². The number of fused-ring (bicyclic) bond motifs is 2. The molecule has 0 aromatic heterocycles. The van der Waals surface area contributed by atoms with E-state index in [0.717, 1.165) is 68.5 Å². The van der Waals surface area contributed by atoms with Crippen LogP contribution in [0.2, 0.25) is 0 Å². The molecule has 0 bridgehead atoms. The topological polar surface area (TPSA) is 108 Å². The number of aromatic hydroxyl groups is 2. The lowest BCUT2D eigenvalue weighted by molar-refractivity contribution is 0.0975. The number of hydrogen-bond donors (Lipinski definition) is 4. The summed E-state index contributed by atoms with van der Waals surface area (Å²) < 4.78 is 6.00. The minimum Gasteiger partial charge on any atom is -0.507 e. The third-order valence-corrected chi connectivity index (χ3v) is 10.2. The molecule has 7 nitrogen and oxygen atoms in total. The summed E-state index contributed by atoms with van der Waals surface area (Å²) >= 11 is 0. The molecule has 6 rings (SSSR count). The Bertz CT molecular complexity index is 2070. The Morgan fingerprint density at radius 2 is 1.07 bits per heavy atom. The van der Waals surface area contributed by atoms with Gasteiger partial charge in [0.2, 0.25) is 11.6 Å². The van der Waals surface area contributed by atoms with Gasteiger partial charge in [-0.1, -0.05) is 95.7 Å². The van der Waals surface area contributed by atoms with Crippen molar-refractivity contribution in [2.75, 3.05) is 17.2 Å². The number of hydrogen-bond acceptors (Lipinski definition) is 7. The average molecular weight is 725 g/mol. The molecule has 280 valence electrons. The number of unbranched alkanes of at least 4 members (excludes halogenated alkanes) is 6. The van der Waals surface area contributed by atoms with E-state index in [9.17, 15) is 19.8 Å². The molecule has 0 saturated carbocycles. The van der Waals surface area contributed by atoms with E-state index in [0.29, 0.717) is 29.1 Å². The molecule has 1 aliphatic carbocycles. The first-order valence-electron chi connectivity index (χ1n) is 19.6. The summed E-state index contributed by atoms with van der Waals surface area (Å²) in [4.78, 5) is 29.2. The Kier molecular flexibility index (Phi) is 12.7. The second kappa shape index (κ2) is 18.0. The molecule has 5 aromatic rings. The molecule has 0 radical (unpaired) electrons. The molecule has 0 fully saturated rings. The maximum Gasteiger partial charge on any atom is 0.200 e. The van der Waals surface area contributed by atoms with Crippen LogP contribution in [0, 0.1) is 0 Å². The lowest BCUT2D eigenvalue weighted by atomic mass is 9.79. The molecule has 0 atom stereocenters. The van der Waals surface area contributed by atoms with Gasteiger partial charge < -0.3 is 25.6 Å². The predicted octanol–water partition coefficient (Wildman–Crippen LogP) is 12.1. The number of anilines is 4. The van der Waals surface area contributed by atoms with Crippen molar-refractivity contribution in [3.8, 4) is 28.4 Å². The van der Waals surface area contributed by atoms with Crippen molar-refractivity contribution in [3.63, 3.8) is 0 Å². The summed E-state index contributed by atoms with van der Waals surface area (Å²) in [5.41, 5.74) is 5.48. The Morgan fingerprint density at radius 1 is 0.537 bits per heavy atom. The summed E-state index contributed by atoms with van der Waals surface area (Å²) in [5, 5.41) is 29.8. The molecule has 0 amide bonds. The highest BCUT2D eigenvalue weighted by atomic mass is 16.5. The highest BCUT2D eigenvalue weighted by molar-refractivity contribution is 6.34. The van der Waals surface area contributed by atoms with Gasteiger partial charge in [0.15, 0.2) is 0 Å². The van der Waals surface area contributed by atoms with E-state index in [1.54, 1.807) is 12.1 Å². The number of carbonyl (C=O) groups is 2. The van der Waals surface area contributed by atoms with Gasteiger partial charge in [-0.15, -0.1) is 0 Å². The molecule has 0 saturated heterocycles. The lowest BCUT2D eigenvalue weighted by Gasteiger charge is -2.26. The van der Waals surface area contributed by atoms with Crippen LogP contribution in [0.5, 0.6) is 17.2 Å². The zero-order valence-corrected chi connectivity index (χ0v) is 31.8. The van der Waals surface area contributed by atoms with E-state index in [-0.39, 0.29) is 33.8 Å². The molecule has 0 unspecified atom stereocenters. The number of aryl methyl sites for hydroxylation is 2. The van der Waals surface area contributed by atoms with E-state index >= 15 is 0 Å². The zero-order valence-electron chi connectivity index (χ0n) is 31.8. The van der Waals surface area contributed by atoms with Gasteiger partial charge in [0.05, 0.1) is 40.2 Å². The monoisotopic (exact) mass is 724 g/mol. The van der Waals surface area contributed by atoms with Crippen LogP contribution >= 0.6 is 0 Å². The highest BCUT2D eigenvalue weighted by Gasteiger charge is 2.39. The van der Waals surface area contributed by atoms with Gasteiger partial charge in [-0.2, -0.15) is 0 Å². The first-order chi connectivity index (χ1) is 26.3. The van der Waals surface area contributed by atoms with Gasteiger partial charge in [-0.3, -0.25) is 9.59 Å². The van der Waals surface area contributed by atoms with E-state index in [1.165, 1.54) is 36.5 Å². The maximum absolute atomic E-state index is 14.7. The van der Waals surface area contributed by atoms with Crippen LogP contribution in [0.3, 0.4) is 0 Å². The molecule has 54 heavy (non-hydrogen) atoms. The third kappa shape index (κ3) is 8.62. The van der Waals surface area contributed by atoms with Crippen LogP contribution in [0.25, 0.3) is 11.1 Å². The predicted molar refractivity (Wildman–Crippen MR) is 219 cm³/mol. The Hall–Kier alpha value is -5.56. The maximum atomic E-state index is 14.7. The first-order valence-corrected chi connectivity index (χ1v) is 19.6. The molecule has 5 aromatic carbocycles. The molecule has 0 spiro atoms. The van der Waals surface area contributed by atoms with Crippen LogP contribution in [0.1, 0.15) is 122 Å². The van der Waals surface area contributed by atoms with Crippen molar-refractivity contribution < 1.29 is 24.5 Å². The van der Waals surface area contributed by atoms with Crippen molar-refractivity contribution in [3.05, 3.63) is 124 Å². The number of rotatable bonds is 18. The average Bonchev–Trinajstić information content (AvgIpc) is 3.19. The van der Waals surface area contributed by atoms with E-state index in [4.69, 9.17) is 4.74 Å². The number of phenolic OH excluding ortho intramolecular Hbond substituents is 2. The van der Waals surface area contributed by atoms with Gasteiger partial charge in [0.1, 0.15) is 17.2 Å². The van der Waals surface area contributed by atoms with Crippen molar-refractivity contribution >= 4 is 34.3 Å². The fourth-order valence-electron chi connectivity index (χ4n) is 7.07. The fraction of sp³-hybridized carbons (Fsp3) is 0.319. The van der Waals surface area contributed by atoms with Gasteiger partial charge in [-0.05, 0) is 103 Å². The lowest BCUT2D eigenvalue weighted by Crippen LogP contribution is -2.24. The molecule has 7 heteroatoms. The first kappa shape index (κ1) is 38.2. The molecule has 4 N–H and O–H groups in total. The molecule has 1 aliphatic rings. The number of phenols is 2. The normalized spacial score (nSPS) is 12.0. The summed E-state index contributed by atoms with van der Waals surface area (Å²) in [5.74, 6) is -0.989. The van der Waals surface area contributed by atoms with E-state index in [2.05, 4.69) is 43.5 Å². The molecule has 0 heterocycles. The number of ether oxygens (including phenoxy) is 1.